The molecule has 2 saturated carbocycles. The Morgan fingerprint density at radius 1 is 0.852 bits per heavy atom. The fourth-order valence-electron chi connectivity index (χ4n) is 7.57. The number of rotatable bonds is 4. The van der Waals surface area contributed by atoms with Crippen LogP contribution in [0.2, 0.25) is 0 Å². The Balaban J connectivity index is 0.000000156. The highest BCUT2D eigenvalue weighted by Gasteiger charge is 2.50. The molecule has 2 saturated heterocycles. The van der Waals surface area contributed by atoms with E-state index < -0.39 is 0 Å². The SMILES string of the molecule is CC(C)C1C2CCC(C2)N1C(C)C.CC(C)N1CC2CCCC1(C(C)C)C2. The number of hydrogen-bond acceptors (Lipinski definition) is 2. The fourth-order valence-corrected chi connectivity index (χ4v) is 7.57. The molecule has 0 aromatic carbocycles. The van der Waals surface area contributed by atoms with Crippen molar-refractivity contribution in [2.45, 2.75) is 130 Å². The topological polar surface area (TPSA) is 6.48 Å². The van der Waals surface area contributed by atoms with Gasteiger partial charge in [-0.1, -0.05) is 34.1 Å². The standard InChI is InChI=1S/C13H25N.C12H23N/c1-10(2)13-7-5-6-12(8-13)9-14(13)11(3)4;1-8(2)12-10-5-6-11(7-10)13(12)9(3)4/h10-12H,5-9H2,1-4H3;8-12H,5-7H2,1-4H3. The molecule has 0 amide bonds. The Bertz CT molecular complexity index is 463. The lowest BCUT2D eigenvalue weighted by Gasteiger charge is -2.45. The van der Waals surface area contributed by atoms with Gasteiger partial charge in [-0.3, -0.25) is 9.80 Å². The van der Waals surface area contributed by atoms with E-state index in [-0.39, 0.29) is 0 Å². The van der Waals surface area contributed by atoms with Gasteiger partial charge in [0.25, 0.3) is 0 Å². The maximum Gasteiger partial charge on any atom is 0.0238 e. The first-order valence-electron chi connectivity index (χ1n) is 12.2. The molecule has 4 aliphatic rings. The van der Waals surface area contributed by atoms with Gasteiger partial charge in [0.1, 0.15) is 0 Å². The van der Waals surface area contributed by atoms with Gasteiger partial charge >= 0.3 is 0 Å². The van der Waals surface area contributed by atoms with E-state index in [0.717, 1.165) is 47.8 Å². The van der Waals surface area contributed by atoms with Crippen LogP contribution in [-0.4, -0.2) is 46.1 Å². The van der Waals surface area contributed by atoms with Crippen molar-refractivity contribution in [3.63, 3.8) is 0 Å². The van der Waals surface area contributed by atoms with Crippen molar-refractivity contribution in [2.75, 3.05) is 6.54 Å². The minimum absolute atomic E-state index is 0.567. The second-order valence-corrected chi connectivity index (χ2v) is 11.5. The van der Waals surface area contributed by atoms with Gasteiger partial charge in [0.05, 0.1) is 0 Å². The molecular formula is C25H48N2. The summed E-state index contributed by atoms with van der Waals surface area (Å²) < 4.78 is 0. The third-order valence-electron chi connectivity index (χ3n) is 8.56. The van der Waals surface area contributed by atoms with Crippen LogP contribution in [-0.2, 0) is 0 Å². The van der Waals surface area contributed by atoms with Gasteiger partial charge in [0.2, 0.25) is 0 Å². The normalized spacial score (nSPS) is 39.1. The molecule has 2 heteroatoms. The van der Waals surface area contributed by atoms with Crippen LogP contribution in [0.5, 0.6) is 0 Å². The van der Waals surface area contributed by atoms with Crippen LogP contribution in [0.4, 0.5) is 0 Å². The van der Waals surface area contributed by atoms with Gasteiger partial charge in [-0.05, 0) is 89.9 Å². The van der Waals surface area contributed by atoms with Gasteiger partial charge in [-0.2, -0.15) is 0 Å². The minimum Gasteiger partial charge on any atom is -0.295 e. The molecule has 0 aromatic heterocycles. The highest BCUT2D eigenvalue weighted by Crippen LogP contribution is 2.49. The zero-order valence-electron chi connectivity index (χ0n) is 19.7. The van der Waals surface area contributed by atoms with Crippen molar-refractivity contribution >= 4 is 0 Å². The average Bonchev–Trinajstić information content (AvgIpc) is 3.27. The number of fused-ring (bicyclic) bond motifs is 4. The van der Waals surface area contributed by atoms with E-state index in [2.05, 4.69) is 65.2 Å². The summed E-state index contributed by atoms with van der Waals surface area (Å²) >= 11 is 0. The molecular weight excluding hydrogens is 328 g/mol. The van der Waals surface area contributed by atoms with Crippen molar-refractivity contribution in [2.24, 2.45) is 23.7 Å². The molecule has 158 valence electrons. The van der Waals surface area contributed by atoms with E-state index in [9.17, 15) is 0 Å². The maximum absolute atomic E-state index is 2.80. The highest BCUT2D eigenvalue weighted by molar-refractivity contribution is 5.05. The number of hydrogen-bond donors (Lipinski definition) is 0. The molecule has 27 heavy (non-hydrogen) atoms. The number of piperidine rings is 1. The van der Waals surface area contributed by atoms with E-state index in [1.54, 1.807) is 0 Å². The van der Waals surface area contributed by atoms with Crippen molar-refractivity contribution in [1.82, 2.24) is 9.80 Å². The second kappa shape index (κ2) is 8.34. The summed E-state index contributed by atoms with van der Waals surface area (Å²) in [5.74, 6) is 3.70. The molecule has 2 aliphatic carbocycles. The molecule has 4 fully saturated rings. The Morgan fingerprint density at radius 3 is 2.07 bits per heavy atom. The molecule has 5 atom stereocenters. The van der Waals surface area contributed by atoms with Gasteiger partial charge in [0, 0.05) is 36.3 Å². The molecule has 4 rings (SSSR count). The zero-order chi connectivity index (χ0) is 19.9. The molecule has 0 spiro atoms. The summed E-state index contributed by atoms with van der Waals surface area (Å²) in [4.78, 5) is 5.59. The molecule has 0 radical (unpaired) electrons. The zero-order valence-corrected chi connectivity index (χ0v) is 19.7. The van der Waals surface area contributed by atoms with Crippen molar-refractivity contribution in [1.29, 1.82) is 0 Å². The van der Waals surface area contributed by atoms with Crippen LogP contribution in [0.25, 0.3) is 0 Å². The Morgan fingerprint density at radius 2 is 1.56 bits per heavy atom. The summed E-state index contributed by atoms with van der Waals surface area (Å²) in [6.45, 7) is 20.4. The Kier molecular flexibility index (Phi) is 6.68. The van der Waals surface area contributed by atoms with E-state index >= 15 is 0 Å². The minimum atomic E-state index is 0.567. The lowest BCUT2D eigenvalue weighted by molar-refractivity contribution is 0.0476. The summed E-state index contributed by atoms with van der Waals surface area (Å²) in [6, 6.07) is 3.30. The van der Waals surface area contributed by atoms with Gasteiger partial charge < -0.3 is 0 Å². The van der Waals surface area contributed by atoms with E-state index in [0.29, 0.717) is 5.54 Å². The third-order valence-corrected chi connectivity index (χ3v) is 8.56. The lowest BCUT2D eigenvalue weighted by atomic mass is 9.73. The lowest BCUT2D eigenvalue weighted by Crippen LogP contribution is -2.51. The van der Waals surface area contributed by atoms with Gasteiger partial charge in [-0.25, -0.2) is 0 Å². The molecule has 2 aliphatic heterocycles. The first kappa shape index (κ1) is 21.6. The molecule has 0 aromatic rings. The molecule has 5 unspecified atom stereocenters. The number of likely N-dealkylation sites (tertiary alicyclic amines) is 2. The highest BCUT2D eigenvalue weighted by atomic mass is 15.3. The van der Waals surface area contributed by atoms with E-state index in [1.165, 1.54) is 51.5 Å². The first-order valence-corrected chi connectivity index (χ1v) is 12.2. The van der Waals surface area contributed by atoms with Crippen molar-refractivity contribution in [3.8, 4) is 0 Å². The van der Waals surface area contributed by atoms with Crippen LogP contribution in [0.3, 0.4) is 0 Å². The van der Waals surface area contributed by atoms with E-state index in [1.807, 2.05) is 0 Å². The monoisotopic (exact) mass is 376 g/mol. The van der Waals surface area contributed by atoms with Gasteiger partial charge in [-0.15, -0.1) is 0 Å². The van der Waals surface area contributed by atoms with Gasteiger partial charge in [0.15, 0.2) is 0 Å². The van der Waals surface area contributed by atoms with Crippen molar-refractivity contribution < 1.29 is 0 Å². The molecule has 4 bridgehead atoms. The second-order valence-electron chi connectivity index (χ2n) is 11.5. The van der Waals surface area contributed by atoms with Crippen LogP contribution < -0.4 is 0 Å². The van der Waals surface area contributed by atoms with Crippen molar-refractivity contribution in [3.05, 3.63) is 0 Å². The third kappa shape index (κ3) is 4.00. The predicted octanol–water partition coefficient (Wildman–Crippen LogP) is 6.20. The van der Waals surface area contributed by atoms with Crippen LogP contribution in [0, 0.1) is 23.7 Å². The summed E-state index contributed by atoms with van der Waals surface area (Å²) in [5.41, 5.74) is 0.567. The first-order chi connectivity index (χ1) is 12.7. The number of nitrogens with zero attached hydrogens (tertiary/aromatic N) is 2. The molecule has 2 nitrogen and oxygen atoms in total. The van der Waals surface area contributed by atoms with Crippen LogP contribution in [0.15, 0.2) is 0 Å². The van der Waals surface area contributed by atoms with Crippen LogP contribution >= 0.6 is 0 Å². The Labute approximate surface area is 170 Å². The van der Waals surface area contributed by atoms with Crippen LogP contribution in [0.1, 0.15) is 100 Å². The predicted molar refractivity (Wildman–Crippen MR) is 118 cm³/mol. The smallest absolute Gasteiger partial charge is 0.0238 e. The summed E-state index contributed by atoms with van der Waals surface area (Å²) in [5, 5.41) is 0. The fraction of sp³-hybridized carbons (Fsp3) is 1.00. The van der Waals surface area contributed by atoms with E-state index in [4.69, 9.17) is 0 Å². The quantitative estimate of drug-likeness (QED) is 0.576. The average molecular weight is 377 g/mol. The maximum atomic E-state index is 2.80. The summed E-state index contributed by atoms with van der Waals surface area (Å²) in [7, 11) is 0. The molecule has 2 heterocycles. The Hall–Kier alpha value is -0.0800. The molecule has 0 N–H and O–H groups in total. The largest absolute Gasteiger partial charge is 0.295 e. The summed E-state index contributed by atoms with van der Waals surface area (Å²) in [6.07, 6.45) is 10.3.